The summed E-state index contributed by atoms with van der Waals surface area (Å²) >= 11 is 0. The first kappa shape index (κ1) is 7.87. The highest BCUT2D eigenvalue weighted by atomic mass is 19.1. The van der Waals surface area contributed by atoms with E-state index in [0.717, 1.165) is 0 Å². The average Bonchev–Trinajstić information content (AvgIpc) is 1.65. The van der Waals surface area contributed by atoms with Crippen molar-refractivity contribution in [1.29, 1.82) is 0 Å². The van der Waals surface area contributed by atoms with Gasteiger partial charge in [-0.2, -0.15) is 0 Å². The third-order valence-electron chi connectivity index (χ3n) is 0.864. The van der Waals surface area contributed by atoms with Crippen molar-refractivity contribution in [2.45, 2.75) is 12.6 Å². The smallest absolute Gasteiger partial charge is 0.351 e. The fourth-order valence-corrected chi connectivity index (χ4v) is 0.105. The summed E-state index contributed by atoms with van der Waals surface area (Å²) in [6, 6.07) is 0. The van der Waals surface area contributed by atoms with E-state index in [4.69, 9.17) is 5.11 Å². The third-order valence-corrected chi connectivity index (χ3v) is 0.864. The minimum atomic E-state index is -2.94. The number of hydrogen-bond donors (Lipinski definition) is 2. The van der Waals surface area contributed by atoms with Crippen molar-refractivity contribution >= 4 is 11.9 Å². The van der Waals surface area contributed by atoms with Crippen LogP contribution in [0.1, 0.15) is 6.92 Å². The molecule has 0 saturated carbocycles. The lowest BCUT2D eigenvalue weighted by atomic mass is 10.1. The maximum Gasteiger partial charge on any atom is 0.351 e. The third kappa shape index (κ3) is 1.38. The molecule has 52 valence electrons. The molecule has 0 radical (unpaired) electrons. The molecule has 1 amide bonds. The van der Waals surface area contributed by atoms with E-state index >= 15 is 0 Å². The zero-order valence-electron chi connectivity index (χ0n) is 4.72. The Labute approximate surface area is 50.5 Å². The van der Waals surface area contributed by atoms with Gasteiger partial charge < -0.3 is 10.8 Å². The molecule has 0 saturated heterocycles. The Hall–Kier alpha value is -1.13. The van der Waals surface area contributed by atoms with E-state index in [2.05, 4.69) is 5.73 Å². The highest BCUT2D eigenvalue weighted by molar-refractivity contribution is 6.03. The normalized spacial score (nSPS) is 16.2. The van der Waals surface area contributed by atoms with E-state index in [9.17, 15) is 14.0 Å². The summed E-state index contributed by atoms with van der Waals surface area (Å²) in [5, 5.41) is 7.94. The van der Waals surface area contributed by atoms with Crippen LogP contribution in [0.3, 0.4) is 0 Å². The summed E-state index contributed by atoms with van der Waals surface area (Å²) in [5.41, 5.74) is 1.43. The Morgan fingerprint density at radius 2 is 2.00 bits per heavy atom. The monoisotopic (exact) mass is 135 g/mol. The zero-order chi connectivity index (χ0) is 7.65. The van der Waals surface area contributed by atoms with Gasteiger partial charge in [0.05, 0.1) is 0 Å². The molecule has 0 spiro atoms. The first-order valence-electron chi connectivity index (χ1n) is 2.11. The molecule has 1 atom stereocenters. The van der Waals surface area contributed by atoms with Crippen molar-refractivity contribution in [3.05, 3.63) is 0 Å². The van der Waals surface area contributed by atoms with Crippen molar-refractivity contribution in [2.24, 2.45) is 5.73 Å². The predicted octanol–water partition coefficient (Wildman–Crippen LogP) is -0.716. The minimum absolute atomic E-state index is 0.595. The molecule has 4 nitrogen and oxygen atoms in total. The number of carbonyl (C=O) groups is 2. The van der Waals surface area contributed by atoms with E-state index in [1.165, 1.54) is 0 Å². The molecule has 0 fully saturated rings. The van der Waals surface area contributed by atoms with Gasteiger partial charge >= 0.3 is 5.97 Å². The number of amides is 1. The van der Waals surface area contributed by atoms with Crippen LogP contribution in [-0.2, 0) is 9.59 Å². The number of halogens is 1. The molecule has 0 aromatic heterocycles. The molecule has 9 heavy (non-hydrogen) atoms. The van der Waals surface area contributed by atoms with Gasteiger partial charge in [-0.05, 0) is 6.92 Å². The minimum Gasteiger partial charge on any atom is -0.478 e. The fraction of sp³-hybridized carbons (Fsp3) is 0.500. The van der Waals surface area contributed by atoms with Gasteiger partial charge in [0.15, 0.2) is 0 Å². The van der Waals surface area contributed by atoms with E-state index in [1.807, 2.05) is 0 Å². The van der Waals surface area contributed by atoms with E-state index in [0.29, 0.717) is 6.92 Å². The van der Waals surface area contributed by atoms with Gasteiger partial charge in [-0.3, -0.25) is 4.79 Å². The Kier molecular flexibility index (Phi) is 1.75. The summed E-state index contributed by atoms with van der Waals surface area (Å²) in [4.78, 5) is 19.7. The molecule has 3 N–H and O–H groups in total. The van der Waals surface area contributed by atoms with Crippen LogP contribution < -0.4 is 5.73 Å². The highest BCUT2D eigenvalue weighted by Crippen LogP contribution is 2.07. The molecule has 0 rings (SSSR count). The first-order valence-corrected chi connectivity index (χ1v) is 2.11. The fourth-order valence-electron chi connectivity index (χ4n) is 0.105. The zero-order valence-corrected chi connectivity index (χ0v) is 4.72. The molecule has 0 aliphatic heterocycles. The Morgan fingerprint density at radius 3 is 2.00 bits per heavy atom. The lowest BCUT2D eigenvalue weighted by Crippen LogP contribution is -2.43. The van der Waals surface area contributed by atoms with Crippen LogP contribution in [0.4, 0.5) is 4.39 Å². The molecule has 0 aliphatic carbocycles. The molecular formula is C4H6FNO3. The summed E-state index contributed by atoms with van der Waals surface area (Å²) < 4.78 is 12.3. The first-order chi connectivity index (χ1) is 3.89. The Balaban J connectivity index is 4.38. The van der Waals surface area contributed by atoms with Gasteiger partial charge in [-0.15, -0.1) is 0 Å². The summed E-state index contributed by atoms with van der Waals surface area (Å²) in [7, 11) is 0. The van der Waals surface area contributed by atoms with Gasteiger partial charge in [-0.1, -0.05) is 0 Å². The van der Waals surface area contributed by atoms with Crippen molar-refractivity contribution in [1.82, 2.24) is 0 Å². The summed E-state index contributed by atoms with van der Waals surface area (Å²) in [6.07, 6.45) is 0. The molecular weight excluding hydrogens is 129 g/mol. The van der Waals surface area contributed by atoms with E-state index < -0.39 is 17.5 Å². The maximum atomic E-state index is 12.3. The van der Waals surface area contributed by atoms with Crippen molar-refractivity contribution in [2.75, 3.05) is 0 Å². The van der Waals surface area contributed by atoms with Crippen LogP contribution in [0.5, 0.6) is 0 Å². The summed E-state index contributed by atoms with van der Waals surface area (Å²) in [5.74, 6) is -3.36. The number of carboxylic acid groups (broad SMARTS) is 1. The van der Waals surface area contributed by atoms with Gasteiger partial charge in [0.2, 0.25) is 0 Å². The average molecular weight is 135 g/mol. The van der Waals surface area contributed by atoms with Crippen molar-refractivity contribution < 1.29 is 19.1 Å². The maximum absolute atomic E-state index is 12.3. The molecule has 0 aromatic carbocycles. The van der Waals surface area contributed by atoms with Crippen LogP contribution in [0, 0.1) is 0 Å². The SMILES string of the molecule is CC(F)(C(N)=O)C(=O)O. The lowest BCUT2D eigenvalue weighted by Gasteiger charge is -2.07. The van der Waals surface area contributed by atoms with Crippen LogP contribution in [-0.4, -0.2) is 22.7 Å². The Bertz CT molecular complexity index is 138. The number of alkyl halides is 1. The Morgan fingerprint density at radius 1 is 1.67 bits per heavy atom. The topological polar surface area (TPSA) is 80.4 Å². The number of carboxylic acids is 1. The van der Waals surface area contributed by atoms with Crippen molar-refractivity contribution in [3.63, 3.8) is 0 Å². The number of rotatable bonds is 2. The second kappa shape index (κ2) is 2.00. The standard InChI is InChI=1S/C4H6FNO3/c1-4(5,2(6)7)3(8)9/h1H3,(H2,6,7)(H,8,9). The number of carbonyl (C=O) groups excluding carboxylic acids is 1. The van der Waals surface area contributed by atoms with E-state index in [1.54, 1.807) is 0 Å². The van der Waals surface area contributed by atoms with Crippen LogP contribution in [0.15, 0.2) is 0 Å². The number of nitrogens with two attached hydrogens (primary N) is 1. The molecule has 5 heteroatoms. The van der Waals surface area contributed by atoms with Crippen LogP contribution in [0.25, 0.3) is 0 Å². The van der Waals surface area contributed by atoms with Gasteiger partial charge in [0, 0.05) is 0 Å². The molecule has 0 aromatic rings. The number of hydrogen-bond acceptors (Lipinski definition) is 2. The second-order valence-corrected chi connectivity index (χ2v) is 1.67. The molecule has 0 bridgehead atoms. The van der Waals surface area contributed by atoms with E-state index in [-0.39, 0.29) is 0 Å². The molecule has 0 heterocycles. The van der Waals surface area contributed by atoms with Crippen LogP contribution in [0.2, 0.25) is 0 Å². The molecule has 1 unspecified atom stereocenters. The lowest BCUT2D eigenvalue weighted by molar-refractivity contribution is -0.155. The number of primary amides is 1. The van der Waals surface area contributed by atoms with Crippen LogP contribution >= 0.6 is 0 Å². The van der Waals surface area contributed by atoms with Crippen molar-refractivity contribution in [3.8, 4) is 0 Å². The predicted molar refractivity (Wildman–Crippen MR) is 26.3 cm³/mol. The van der Waals surface area contributed by atoms with Gasteiger partial charge in [0.1, 0.15) is 0 Å². The quantitative estimate of drug-likeness (QED) is 0.490. The largest absolute Gasteiger partial charge is 0.478 e. The second-order valence-electron chi connectivity index (χ2n) is 1.67. The van der Waals surface area contributed by atoms with Gasteiger partial charge in [-0.25, -0.2) is 9.18 Å². The molecule has 0 aliphatic rings. The highest BCUT2D eigenvalue weighted by Gasteiger charge is 2.39. The summed E-state index contributed by atoms with van der Waals surface area (Å²) in [6.45, 7) is 0.595. The number of aliphatic carboxylic acids is 1. The van der Waals surface area contributed by atoms with Gasteiger partial charge in [0.25, 0.3) is 11.6 Å².